The number of nitrogens with one attached hydrogen (secondary N) is 2. The number of urea groups is 1. The van der Waals surface area contributed by atoms with Gasteiger partial charge in [-0.2, -0.15) is 0 Å². The molecule has 9 heteroatoms. The fraction of sp³-hybridized carbons (Fsp3) is 0.417. The van der Waals surface area contributed by atoms with Gasteiger partial charge in [0.1, 0.15) is 6.04 Å². The van der Waals surface area contributed by atoms with Crippen molar-refractivity contribution in [3.8, 4) is 0 Å². The van der Waals surface area contributed by atoms with E-state index in [1.165, 1.54) is 11.3 Å². The van der Waals surface area contributed by atoms with Gasteiger partial charge in [-0.15, -0.1) is 11.3 Å². The smallest absolute Gasteiger partial charge is 0.326 e. The number of carbonyl (C=O) groups excluding carboxylic acids is 1. The molecule has 0 bridgehead atoms. The van der Waals surface area contributed by atoms with Crippen LogP contribution in [-0.2, 0) is 16.1 Å². The van der Waals surface area contributed by atoms with E-state index in [4.69, 9.17) is 21.8 Å². The molecule has 0 radical (unpaired) electrons. The van der Waals surface area contributed by atoms with Gasteiger partial charge in [-0.05, 0) is 25.0 Å². The maximum Gasteiger partial charge on any atom is 0.326 e. The zero-order chi connectivity index (χ0) is 15.8. The number of aliphatic carboxylic acids is 2. The Bertz CT molecular complexity index is 520. The molecule has 0 unspecified atom stereocenters. The van der Waals surface area contributed by atoms with Crippen LogP contribution in [0, 0.1) is 0 Å². The van der Waals surface area contributed by atoms with Crippen molar-refractivity contribution in [1.29, 1.82) is 0 Å². The quantitative estimate of drug-likeness (QED) is 0.579. The Balaban J connectivity index is 2.37. The molecule has 1 heterocycles. The minimum absolute atomic E-state index is 0.0554. The summed E-state index contributed by atoms with van der Waals surface area (Å²) in [5.74, 6) is -2.20. The maximum atomic E-state index is 11.6. The van der Waals surface area contributed by atoms with Gasteiger partial charge in [-0.1, -0.05) is 11.6 Å². The molecule has 1 rings (SSSR count). The molecule has 0 fully saturated rings. The molecule has 116 valence electrons. The molecule has 0 saturated carbocycles. The first kappa shape index (κ1) is 17.3. The summed E-state index contributed by atoms with van der Waals surface area (Å²) >= 11 is 7.06. The molecule has 21 heavy (non-hydrogen) atoms. The highest BCUT2D eigenvalue weighted by molar-refractivity contribution is 7.16. The van der Waals surface area contributed by atoms with Gasteiger partial charge in [0.2, 0.25) is 0 Å². The number of hydrogen-bond donors (Lipinski definition) is 4. The summed E-state index contributed by atoms with van der Waals surface area (Å²) in [6, 6.07) is 1.72. The molecule has 0 aliphatic rings. The van der Waals surface area contributed by atoms with Gasteiger partial charge >= 0.3 is 18.0 Å². The third-order valence-electron chi connectivity index (χ3n) is 2.54. The number of thiophene rings is 1. The first-order valence-electron chi connectivity index (χ1n) is 6.11. The first-order valence-corrected chi connectivity index (χ1v) is 7.31. The van der Waals surface area contributed by atoms with Crippen molar-refractivity contribution in [1.82, 2.24) is 10.6 Å². The van der Waals surface area contributed by atoms with Crippen LogP contribution < -0.4 is 10.6 Å². The number of carboxylic acid groups (broad SMARTS) is 2. The van der Waals surface area contributed by atoms with Crippen molar-refractivity contribution >= 4 is 40.9 Å². The zero-order valence-corrected chi connectivity index (χ0v) is 12.5. The molecule has 0 aliphatic heterocycles. The van der Waals surface area contributed by atoms with Crippen molar-refractivity contribution in [2.45, 2.75) is 31.8 Å². The molecule has 0 spiro atoms. The Morgan fingerprint density at radius 3 is 2.52 bits per heavy atom. The summed E-state index contributed by atoms with van der Waals surface area (Å²) in [7, 11) is 0. The van der Waals surface area contributed by atoms with E-state index in [0.717, 1.165) is 4.88 Å². The third kappa shape index (κ3) is 6.96. The highest BCUT2D eigenvalue weighted by Gasteiger charge is 2.19. The lowest BCUT2D eigenvalue weighted by Crippen LogP contribution is -2.45. The van der Waals surface area contributed by atoms with Crippen molar-refractivity contribution < 1.29 is 24.6 Å². The van der Waals surface area contributed by atoms with E-state index in [1.54, 1.807) is 12.1 Å². The number of hydrogen-bond acceptors (Lipinski definition) is 4. The molecule has 7 nitrogen and oxygen atoms in total. The van der Waals surface area contributed by atoms with Crippen LogP contribution in [0.4, 0.5) is 4.79 Å². The maximum absolute atomic E-state index is 11.6. The fourth-order valence-electron chi connectivity index (χ4n) is 1.54. The second-order valence-electron chi connectivity index (χ2n) is 4.21. The van der Waals surface area contributed by atoms with E-state index < -0.39 is 24.0 Å². The summed E-state index contributed by atoms with van der Waals surface area (Å²) in [6.45, 7) is 0.241. The van der Waals surface area contributed by atoms with Gasteiger partial charge in [0, 0.05) is 11.3 Å². The summed E-state index contributed by atoms with van der Waals surface area (Å²) < 4.78 is 0.601. The highest BCUT2D eigenvalue weighted by atomic mass is 35.5. The monoisotopic (exact) mass is 334 g/mol. The largest absolute Gasteiger partial charge is 0.481 e. The standard InChI is InChI=1S/C12H15ClN2O5S/c13-9-5-4-7(21-9)6-14-12(20)15-8(11(18)19)2-1-3-10(16)17/h4-5,8H,1-3,6H2,(H,16,17)(H,18,19)(H2,14,15,20)/t8-/m1/s1. The predicted octanol–water partition coefficient (Wildman–Crippen LogP) is 1.91. The third-order valence-corrected chi connectivity index (χ3v) is 3.77. The van der Waals surface area contributed by atoms with Gasteiger partial charge in [0.15, 0.2) is 0 Å². The van der Waals surface area contributed by atoms with Crippen molar-refractivity contribution in [2.24, 2.45) is 0 Å². The number of rotatable bonds is 8. The van der Waals surface area contributed by atoms with Crippen molar-refractivity contribution in [3.63, 3.8) is 0 Å². The summed E-state index contributed by atoms with van der Waals surface area (Å²) in [6.07, 6.45) is 0.0910. The van der Waals surface area contributed by atoms with E-state index in [2.05, 4.69) is 10.6 Å². The fourth-order valence-corrected chi connectivity index (χ4v) is 2.57. The highest BCUT2D eigenvalue weighted by Crippen LogP contribution is 2.20. The molecular weight excluding hydrogens is 320 g/mol. The van der Waals surface area contributed by atoms with Crippen LogP contribution in [0.5, 0.6) is 0 Å². The van der Waals surface area contributed by atoms with Crippen molar-refractivity contribution in [3.05, 3.63) is 21.3 Å². The van der Waals surface area contributed by atoms with Crippen LogP contribution in [0.3, 0.4) is 0 Å². The van der Waals surface area contributed by atoms with Gasteiger partial charge < -0.3 is 20.8 Å². The van der Waals surface area contributed by atoms with E-state index in [0.29, 0.717) is 4.34 Å². The lowest BCUT2D eigenvalue weighted by atomic mass is 10.1. The second-order valence-corrected chi connectivity index (χ2v) is 6.01. The average Bonchev–Trinajstić information content (AvgIpc) is 2.80. The molecule has 0 aliphatic carbocycles. The van der Waals surface area contributed by atoms with Gasteiger partial charge in [0.25, 0.3) is 0 Å². The molecule has 4 N–H and O–H groups in total. The number of halogens is 1. The molecular formula is C12H15ClN2O5S. The number of amides is 2. The van der Waals surface area contributed by atoms with Gasteiger partial charge in [0.05, 0.1) is 10.9 Å². The summed E-state index contributed by atoms with van der Waals surface area (Å²) in [5.41, 5.74) is 0. The van der Waals surface area contributed by atoms with Crippen LogP contribution in [0.1, 0.15) is 24.1 Å². The zero-order valence-electron chi connectivity index (χ0n) is 11.0. The van der Waals surface area contributed by atoms with Crippen LogP contribution in [0.15, 0.2) is 12.1 Å². The predicted molar refractivity (Wildman–Crippen MR) is 77.6 cm³/mol. The van der Waals surface area contributed by atoms with Crippen LogP contribution >= 0.6 is 22.9 Å². The number of carboxylic acids is 2. The lowest BCUT2D eigenvalue weighted by molar-refractivity contribution is -0.140. The molecule has 0 aromatic carbocycles. The van der Waals surface area contributed by atoms with E-state index in [1.807, 2.05) is 0 Å². The van der Waals surface area contributed by atoms with Gasteiger partial charge in [-0.3, -0.25) is 4.79 Å². The summed E-state index contributed by atoms with van der Waals surface area (Å²) in [4.78, 5) is 33.8. The first-order chi connectivity index (χ1) is 9.88. The van der Waals surface area contributed by atoms with Crippen molar-refractivity contribution in [2.75, 3.05) is 0 Å². The summed E-state index contributed by atoms with van der Waals surface area (Å²) in [5, 5.41) is 22.3. The minimum atomic E-state index is -1.20. The Kier molecular flexibility index (Phi) is 6.97. The van der Waals surface area contributed by atoms with Gasteiger partial charge in [-0.25, -0.2) is 9.59 Å². The number of carbonyl (C=O) groups is 3. The Morgan fingerprint density at radius 2 is 2.00 bits per heavy atom. The van der Waals surface area contributed by atoms with E-state index in [9.17, 15) is 14.4 Å². The molecule has 0 saturated heterocycles. The minimum Gasteiger partial charge on any atom is -0.481 e. The van der Waals surface area contributed by atoms with E-state index in [-0.39, 0.29) is 25.8 Å². The topological polar surface area (TPSA) is 116 Å². The van der Waals surface area contributed by atoms with Crippen LogP contribution in [0.2, 0.25) is 4.34 Å². The lowest BCUT2D eigenvalue weighted by Gasteiger charge is -2.14. The average molecular weight is 335 g/mol. The van der Waals surface area contributed by atoms with Crippen LogP contribution in [-0.4, -0.2) is 34.2 Å². The van der Waals surface area contributed by atoms with Crippen LogP contribution in [0.25, 0.3) is 0 Å². The Labute approximate surface area is 129 Å². The molecule has 1 atom stereocenters. The second kappa shape index (κ2) is 8.48. The molecule has 1 aromatic rings. The molecule has 2 amide bonds. The Morgan fingerprint density at radius 1 is 1.29 bits per heavy atom. The normalized spacial score (nSPS) is 11.7. The Hall–Kier alpha value is -1.80. The molecule has 1 aromatic heterocycles. The van der Waals surface area contributed by atoms with E-state index >= 15 is 0 Å². The SMILES string of the molecule is O=C(O)CCC[C@@H](NC(=O)NCc1ccc(Cl)s1)C(=O)O.